The highest BCUT2D eigenvalue weighted by Gasteiger charge is 2.12. The molecule has 1 aliphatic rings. The fourth-order valence-electron chi connectivity index (χ4n) is 2.85. The predicted octanol–water partition coefficient (Wildman–Crippen LogP) is 3.43. The Labute approximate surface area is 145 Å². The van der Waals surface area contributed by atoms with Gasteiger partial charge in [0.1, 0.15) is 5.82 Å². The number of nitrogens with two attached hydrogens (primary N) is 1. The Morgan fingerprint density at radius 3 is 2.83 bits per heavy atom. The Hall–Kier alpha value is -2.11. The normalized spacial score (nSPS) is 15.2. The van der Waals surface area contributed by atoms with Gasteiger partial charge < -0.3 is 16.2 Å². The molecule has 1 unspecified atom stereocenters. The van der Waals surface area contributed by atoms with Crippen LogP contribution in [0, 0.1) is 5.82 Å². The van der Waals surface area contributed by atoms with Crippen LogP contribution >= 0.6 is 11.6 Å². The monoisotopic (exact) mass is 347 g/mol. The van der Waals surface area contributed by atoms with Gasteiger partial charge in [0.25, 0.3) is 0 Å². The van der Waals surface area contributed by atoms with Crippen molar-refractivity contribution in [2.75, 3.05) is 11.9 Å². The molecule has 0 fully saturated rings. The average Bonchev–Trinajstić information content (AvgIpc) is 3.03. The number of aryl methyl sites for hydroxylation is 2. The largest absolute Gasteiger partial charge is 0.386 e. The zero-order valence-electron chi connectivity index (χ0n) is 13.1. The average molecular weight is 348 g/mol. The second-order valence-electron chi connectivity index (χ2n) is 5.88. The summed E-state index contributed by atoms with van der Waals surface area (Å²) in [5.74, 6) is -0.358. The van der Waals surface area contributed by atoms with E-state index in [2.05, 4.69) is 22.4 Å². The number of aliphatic hydroxyl groups excluding tert-OH is 1. The number of anilines is 1. The molecule has 2 aromatic rings. The molecule has 3 rings (SSSR count). The van der Waals surface area contributed by atoms with Crippen molar-refractivity contribution in [2.24, 2.45) is 10.7 Å². The minimum Gasteiger partial charge on any atom is -0.386 e. The molecule has 0 aliphatic heterocycles. The van der Waals surface area contributed by atoms with Crippen LogP contribution in [0.15, 0.2) is 41.4 Å². The third kappa shape index (κ3) is 3.86. The number of aliphatic hydroxyl groups is 1. The number of halogens is 2. The number of nitrogens with zero attached hydrogens (tertiary/aromatic N) is 1. The Balaban J connectivity index is 1.62. The molecule has 0 saturated carbocycles. The fraction of sp³-hybridized carbons (Fsp3) is 0.278. The number of fused-ring (bicyclic) bond motifs is 1. The molecular weight excluding hydrogens is 329 g/mol. The molecule has 4 N–H and O–H groups in total. The first-order valence-corrected chi connectivity index (χ1v) is 8.22. The van der Waals surface area contributed by atoms with Crippen LogP contribution in [0.2, 0.25) is 5.02 Å². The summed E-state index contributed by atoms with van der Waals surface area (Å²) in [5, 5.41) is 13.1. The summed E-state index contributed by atoms with van der Waals surface area (Å²) in [6.07, 6.45) is 2.45. The first-order chi connectivity index (χ1) is 11.5. The lowest BCUT2D eigenvalue weighted by Gasteiger charge is -2.11. The van der Waals surface area contributed by atoms with Gasteiger partial charge in [-0.05, 0) is 60.2 Å². The van der Waals surface area contributed by atoms with E-state index >= 15 is 0 Å². The van der Waals surface area contributed by atoms with Gasteiger partial charge in [0.2, 0.25) is 0 Å². The summed E-state index contributed by atoms with van der Waals surface area (Å²) >= 11 is 5.63. The molecule has 0 bridgehead atoms. The van der Waals surface area contributed by atoms with E-state index in [0.717, 1.165) is 18.5 Å². The molecule has 0 heterocycles. The zero-order chi connectivity index (χ0) is 17.1. The Morgan fingerprint density at radius 2 is 2.04 bits per heavy atom. The maximum atomic E-state index is 13.4. The minimum absolute atomic E-state index is 0.0206. The lowest BCUT2D eigenvalue weighted by Crippen LogP contribution is -2.23. The predicted molar refractivity (Wildman–Crippen MR) is 94.9 cm³/mol. The second kappa shape index (κ2) is 7.20. The molecule has 2 aromatic carbocycles. The van der Waals surface area contributed by atoms with E-state index in [1.807, 2.05) is 6.07 Å². The Morgan fingerprint density at radius 1 is 1.25 bits per heavy atom. The molecule has 1 atom stereocenters. The molecule has 0 amide bonds. The number of nitrogens with one attached hydrogen (secondary N) is 1. The summed E-state index contributed by atoms with van der Waals surface area (Å²) in [6, 6.07) is 10.3. The SMILES string of the molecule is NC(=NCC(O)c1ccc(Cl)c(F)c1)Nc1ccc2c(c1)CCC2. The quantitative estimate of drug-likeness (QED) is 0.586. The number of rotatable bonds is 4. The van der Waals surface area contributed by atoms with Gasteiger partial charge in [-0.15, -0.1) is 0 Å². The molecule has 0 radical (unpaired) electrons. The van der Waals surface area contributed by atoms with Gasteiger partial charge in [-0.25, -0.2) is 4.39 Å². The number of hydrogen-bond acceptors (Lipinski definition) is 2. The zero-order valence-corrected chi connectivity index (χ0v) is 13.9. The van der Waals surface area contributed by atoms with Crippen molar-refractivity contribution in [3.8, 4) is 0 Å². The maximum absolute atomic E-state index is 13.4. The van der Waals surface area contributed by atoms with Crippen molar-refractivity contribution in [2.45, 2.75) is 25.4 Å². The van der Waals surface area contributed by atoms with E-state index in [-0.39, 0.29) is 17.5 Å². The highest BCUT2D eigenvalue weighted by molar-refractivity contribution is 6.30. The van der Waals surface area contributed by atoms with Crippen molar-refractivity contribution in [1.29, 1.82) is 0 Å². The van der Waals surface area contributed by atoms with E-state index < -0.39 is 11.9 Å². The third-order valence-electron chi connectivity index (χ3n) is 4.13. The summed E-state index contributed by atoms with van der Waals surface area (Å²) in [4.78, 5) is 4.12. The van der Waals surface area contributed by atoms with Gasteiger partial charge in [0.15, 0.2) is 5.96 Å². The smallest absolute Gasteiger partial charge is 0.193 e. The third-order valence-corrected chi connectivity index (χ3v) is 4.44. The fourth-order valence-corrected chi connectivity index (χ4v) is 2.96. The van der Waals surface area contributed by atoms with E-state index in [1.54, 1.807) is 6.07 Å². The van der Waals surface area contributed by atoms with E-state index in [1.165, 1.54) is 29.7 Å². The number of benzene rings is 2. The van der Waals surface area contributed by atoms with Crippen LogP contribution in [0.4, 0.5) is 10.1 Å². The van der Waals surface area contributed by atoms with E-state index in [4.69, 9.17) is 17.3 Å². The lowest BCUT2D eigenvalue weighted by atomic mass is 10.1. The standard InChI is InChI=1S/C18H19ClFN3O/c19-15-7-5-13(9-16(15)20)17(24)10-22-18(21)23-14-6-4-11-2-1-3-12(11)8-14/h4-9,17,24H,1-3,10H2,(H3,21,22,23). The van der Waals surface area contributed by atoms with Crippen LogP contribution in [-0.4, -0.2) is 17.6 Å². The minimum atomic E-state index is -0.947. The van der Waals surface area contributed by atoms with Crippen LogP contribution in [0.3, 0.4) is 0 Å². The van der Waals surface area contributed by atoms with Gasteiger partial charge in [-0.3, -0.25) is 4.99 Å². The molecular formula is C18H19ClFN3O. The number of hydrogen-bond donors (Lipinski definition) is 3. The summed E-state index contributed by atoms with van der Waals surface area (Å²) < 4.78 is 13.4. The molecule has 6 heteroatoms. The number of guanidine groups is 1. The van der Waals surface area contributed by atoms with Crippen LogP contribution < -0.4 is 11.1 Å². The second-order valence-corrected chi connectivity index (χ2v) is 6.28. The summed E-state index contributed by atoms with van der Waals surface area (Å²) in [7, 11) is 0. The van der Waals surface area contributed by atoms with Crippen LogP contribution in [-0.2, 0) is 12.8 Å². The van der Waals surface area contributed by atoms with Crippen molar-refractivity contribution < 1.29 is 9.50 Å². The van der Waals surface area contributed by atoms with Gasteiger partial charge >= 0.3 is 0 Å². The summed E-state index contributed by atoms with van der Waals surface area (Å²) in [5.41, 5.74) is 9.87. The number of aliphatic imine (C=N–C) groups is 1. The highest BCUT2D eigenvalue weighted by Crippen LogP contribution is 2.25. The maximum Gasteiger partial charge on any atom is 0.193 e. The van der Waals surface area contributed by atoms with Crippen molar-refractivity contribution in [1.82, 2.24) is 0 Å². The lowest BCUT2D eigenvalue weighted by molar-refractivity contribution is 0.187. The van der Waals surface area contributed by atoms with Crippen molar-refractivity contribution in [3.05, 3.63) is 63.9 Å². The van der Waals surface area contributed by atoms with Crippen LogP contribution in [0.1, 0.15) is 29.2 Å². The first-order valence-electron chi connectivity index (χ1n) is 7.84. The first kappa shape index (κ1) is 16.7. The highest BCUT2D eigenvalue weighted by atomic mass is 35.5. The van der Waals surface area contributed by atoms with Crippen LogP contribution in [0.25, 0.3) is 0 Å². The molecule has 0 aromatic heterocycles. The van der Waals surface area contributed by atoms with Crippen LogP contribution in [0.5, 0.6) is 0 Å². The van der Waals surface area contributed by atoms with Gasteiger partial charge in [-0.2, -0.15) is 0 Å². The Bertz CT molecular complexity index is 779. The van der Waals surface area contributed by atoms with E-state index in [0.29, 0.717) is 5.56 Å². The molecule has 4 nitrogen and oxygen atoms in total. The van der Waals surface area contributed by atoms with Crippen molar-refractivity contribution >= 4 is 23.2 Å². The summed E-state index contributed by atoms with van der Waals surface area (Å²) in [6.45, 7) is 0.0326. The van der Waals surface area contributed by atoms with Gasteiger partial charge in [0, 0.05) is 5.69 Å². The molecule has 24 heavy (non-hydrogen) atoms. The molecule has 0 spiro atoms. The van der Waals surface area contributed by atoms with Gasteiger partial charge in [-0.1, -0.05) is 23.7 Å². The molecule has 0 saturated heterocycles. The topological polar surface area (TPSA) is 70.6 Å². The Kier molecular flexibility index (Phi) is 5.02. The molecule has 1 aliphatic carbocycles. The van der Waals surface area contributed by atoms with Gasteiger partial charge in [0.05, 0.1) is 17.7 Å². The van der Waals surface area contributed by atoms with E-state index in [9.17, 15) is 9.50 Å². The molecule has 126 valence electrons. The van der Waals surface area contributed by atoms with Crippen molar-refractivity contribution in [3.63, 3.8) is 0 Å².